The number of ether oxygens (including phenoxy) is 1. The van der Waals surface area contributed by atoms with Crippen molar-refractivity contribution in [3.63, 3.8) is 0 Å². The average molecular weight is 333 g/mol. The molecular formula is C17H27N5O2. The number of primary amides is 1. The minimum atomic E-state index is -0.558. The second-order valence-electron chi connectivity index (χ2n) is 6.06. The maximum absolute atomic E-state index is 11.5. The number of hydrogen-bond donors (Lipinski definition) is 3. The molecule has 4 N–H and O–H groups in total. The number of carbonyl (C=O) groups is 1. The van der Waals surface area contributed by atoms with Gasteiger partial charge in [-0.2, -0.15) is 4.98 Å². The van der Waals surface area contributed by atoms with Crippen LogP contribution in [0.15, 0.2) is 18.9 Å². The van der Waals surface area contributed by atoms with Crippen LogP contribution in [-0.2, 0) is 4.74 Å². The summed E-state index contributed by atoms with van der Waals surface area (Å²) in [5, 5.41) is 6.46. The van der Waals surface area contributed by atoms with Crippen LogP contribution >= 0.6 is 0 Å². The van der Waals surface area contributed by atoms with Crippen molar-refractivity contribution >= 4 is 17.7 Å². The second kappa shape index (κ2) is 8.63. The van der Waals surface area contributed by atoms with E-state index >= 15 is 0 Å². The topological polar surface area (TPSA) is 102 Å². The first-order chi connectivity index (χ1) is 11.5. The summed E-state index contributed by atoms with van der Waals surface area (Å²) in [4.78, 5) is 20.2. The molecule has 0 spiro atoms. The van der Waals surface area contributed by atoms with Crippen molar-refractivity contribution in [2.75, 3.05) is 17.2 Å². The van der Waals surface area contributed by atoms with Crippen molar-refractivity contribution in [3.05, 3.63) is 24.4 Å². The number of amides is 1. The number of nitrogens with zero attached hydrogens (tertiary/aromatic N) is 2. The number of nitrogens with one attached hydrogen (secondary N) is 2. The van der Waals surface area contributed by atoms with Crippen molar-refractivity contribution < 1.29 is 9.53 Å². The maximum Gasteiger partial charge on any atom is 0.254 e. The Balaban J connectivity index is 2.04. The highest BCUT2D eigenvalue weighted by atomic mass is 16.5. The molecule has 1 atom stereocenters. The van der Waals surface area contributed by atoms with E-state index < -0.39 is 5.91 Å². The number of hydrogen-bond acceptors (Lipinski definition) is 6. The van der Waals surface area contributed by atoms with E-state index in [1.165, 1.54) is 6.20 Å². The van der Waals surface area contributed by atoms with Gasteiger partial charge in [0.1, 0.15) is 5.82 Å². The summed E-state index contributed by atoms with van der Waals surface area (Å²) in [6, 6.07) is 0.276. The van der Waals surface area contributed by atoms with E-state index in [-0.39, 0.29) is 11.6 Å². The van der Waals surface area contributed by atoms with Crippen LogP contribution in [0.25, 0.3) is 0 Å². The zero-order chi connectivity index (χ0) is 17.5. The molecular weight excluding hydrogens is 306 g/mol. The summed E-state index contributed by atoms with van der Waals surface area (Å²) in [5.41, 5.74) is 5.66. The first-order valence-electron chi connectivity index (χ1n) is 8.47. The molecule has 0 radical (unpaired) electrons. The van der Waals surface area contributed by atoms with Gasteiger partial charge in [0, 0.05) is 24.9 Å². The summed E-state index contributed by atoms with van der Waals surface area (Å²) in [5.74, 6) is 0.367. The summed E-state index contributed by atoms with van der Waals surface area (Å²) >= 11 is 0. The molecule has 1 aromatic rings. The van der Waals surface area contributed by atoms with Crippen molar-refractivity contribution in [2.45, 2.75) is 57.7 Å². The lowest BCUT2D eigenvalue weighted by atomic mass is 9.93. The Labute approximate surface area is 143 Å². The van der Waals surface area contributed by atoms with Crippen LogP contribution in [0.5, 0.6) is 0 Å². The van der Waals surface area contributed by atoms with Crippen molar-refractivity contribution in [3.8, 4) is 0 Å². The molecule has 1 fully saturated rings. The Hall–Kier alpha value is -2.15. The van der Waals surface area contributed by atoms with Gasteiger partial charge in [-0.05, 0) is 39.5 Å². The minimum absolute atomic E-state index is 0.0347. The standard InChI is InChI=1S/C17H27N5O2/c1-4-11(3)20-16-14(15(18)23)10-19-17(22-16)21-12-6-8-13(9-7-12)24-5-2/h4,10-13H,1,5-9H2,2-3H3,(H2,18,23)(H2,19,20,21,22). The van der Waals surface area contributed by atoms with Gasteiger partial charge in [0.15, 0.2) is 0 Å². The molecule has 132 valence electrons. The molecule has 7 heteroatoms. The third kappa shape index (κ3) is 4.92. The van der Waals surface area contributed by atoms with E-state index in [0.29, 0.717) is 23.9 Å². The minimum Gasteiger partial charge on any atom is -0.379 e. The highest BCUT2D eigenvalue weighted by Gasteiger charge is 2.22. The maximum atomic E-state index is 11.5. The molecule has 1 saturated carbocycles. The molecule has 0 bridgehead atoms. The predicted octanol–water partition coefficient (Wildman–Crippen LogP) is 2.32. The van der Waals surface area contributed by atoms with Gasteiger partial charge in [-0.15, -0.1) is 6.58 Å². The highest BCUT2D eigenvalue weighted by molar-refractivity contribution is 5.97. The fraction of sp³-hybridized carbons (Fsp3) is 0.588. The molecule has 1 amide bonds. The van der Waals surface area contributed by atoms with Crippen LogP contribution in [0.4, 0.5) is 11.8 Å². The van der Waals surface area contributed by atoms with Gasteiger partial charge < -0.3 is 21.1 Å². The highest BCUT2D eigenvalue weighted by Crippen LogP contribution is 2.24. The number of nitrogens with two attached hydrogens (primary N) is 1. The first-order valence-corrected chi connectivity index (χ1v) is 8.47. The molecule has 0 aromatic carbocycles. The fourth-order valence-corrected chi connectivity index (χ4v) is 2.81. The van der Waals surface area contributed by atoms with Gasteiger partial charge in [-0.3, -0.25) is 4.79 Å². The number of aromatic nitrogens is 2. The van der Waals surface area contributed by atoms with Crippen molar-refractivity contribution in [1.29, 1.82) is 0 Å². The first kappa shape index (κ1) is 18.2. The lowest BCUT2D eigenvalue weighted by Gasteiger charge is -2.29. The molecule has 1 aromatic heterocycles. The lowest BCUT2D eigenvalue weighted by molar-refractivity contribution is 0.0346. The molecule has 0 aliphatic heterocycles. The van der Waals surface area contributed by atoms with Crippen LogP contribution in [-0.4, -0.2) is 40.7 Å². The van der Waals surface area contributed by atoms with Gasteiger partial charge in [0.05, 0.1) is 11.7 Å². The van der Waals surface area contributed by atoms with Crippen molar-refractivity contribution in [2.24, 2.45) is 5.73 Å². The molecule has 7 nitrogen and oxygen atoms in total. The lowest BCUT2D eigenvalue weighted by Crippen LogP contribution is -2.30. The van der Waals surface area contributed by atoms with Crippen LogP contribution in [0.2, 0.25) is 0 Å². The number of rotatable bonds is 8. The van der Waals surface area contributed by atoms with Gasteiger partial charge in [0.25, 0.3) is 5.91 Å². The quantitative estimate of drug-likeness (QED) is 0.631. The van der Waals surface area contributed by atoms with E-state index in [1.54, 1.807) is 6.08 Å². The van der Waals surface area contributed by atoms with Crippen LogP contribution in [0.1, 0.15) is 49.9 Å². The Morgan fingerprint density at radius 1 is 1.50 bits per heavy atom. The Morgan fingerprint density at radius 3 is 2.79 bits per heavy atom. The SMILES string of the molecule is C=CC(C)Nc1nc(NC2CCC(OCC)CC2)ncc1C(N)=O. The van der Waals surface area contributed by atoms with E-state index in [2.05, 4.69) is 27.2 Å². The monoisotopic (exact) mass is 333 g/mol. The summed E-state index contributed by atoms with van der Waals surface area (Å²) in [6.07, 6.45) is 7.63. The summed E-state index contributed by atoms with van der Waals surface area (Å²) in [7, 11) is 0. The summed E-state index contributed by atoms with van der Waals surface area (Å²) in [6.45, 7) is 8.42. The zero-order valence-corrected chi connectivity index (χ0v) is 14.4. The molecule has 1 aliphatic carbocycles. The average Bonchev–Trinajstić information content (AvgIpc) is 2.56. The molecule has 24 heavy (non-hydrogen) atoms. The van der Waals surface area contributed by atoms with Crippen molar-refractivity contribution in [1.82, 2.24) is 9.97 Å². The van der Waals surface area contributed by atoms with Gasteiger partial charge in [0.2, 0.25) is 5.95 Å². The smallest absolute Gasteiger partial charge is 0.254 e. The molecule has 0 saturated heterocycles. The second-order valence-corrected chi connectivity index (χ2v) is 6.06. The van der Waals surface area contributed by atoms with Gasteiger partial charge in [-0.25, -0.2) is 4.98 Å². The van der Waals surface area contributed by atoms with Crippen LogP contribution < -0.4 is 16.4 Å². The molecule has 2 rings (SSSR count). The van der Waals surface area contributed by atoms with E-state index in [4.69, 9.17) is 10.5 Å². The molecule has 1 aliphatic rings. The van der Waals surface area contributed by atoms with Gasteiger partial charge >= 0.3 is 0 Å². The zero-order valence-electron chi connectivity index (χ0n) is 14.4. The molecule has 1 heterocycles. The van der Waals surface area contributed by atoms with Crippen LogP contribution in [0, 0.1) is 0 Å². The van der Waals surface area contributed by atoms with Gasteiger partial charge in [-0.1, -0.05) is 6.08 Å². The van der Waals surface area contributed by atoms with Crippen LogP contribution in [0.3, 0.4) is 0 Å². The number of carbonyl (C=O) groups excluding carboxylic acids is 1. The Morgan fingerprint density at radius 2 is 2.21 bits per heavy atom. The fourth-order valence-electron chi connectivity index (χ4n) is 2.81. The predicted molar refractivity (Wildman–Crippen MR) is 95.1 cm³/mol. The third-order valence-electron chi connectivity index (χ3n) is 4.18. The number of anilines is 2. The summed E-state index contributed by atoms with van der Waals surface area (Å²) < 4.78 is 5.67. The molecule has 1 unspecified atom stereocenters. The van der Waals surface area contributed by atoms with E-state index in [9.17, 15) is 4.79 Å². The van der Waals surface area contributed by atoms with E-state index in [0.717, 1.165) is 32.3 Å². The largest absolute Gasteiger partial charge is 0.379 e. The Kier molecular flexibility index (Phi) is 6.54. The van der Waals surface area contributed by atoms with E-state index in [1.807, 2.05) is 13.8 Å². The third-order valence-corrected chi connectivity index (χ3v) is 4.18. The Bertz CT molecular complexity index is 570. The normalized spacial score (nSPS) is 21.8.